The molecular formula is C24H31ClN6O. The van der Waals surface area contributed by atoms with Crippen LogP contribution in [-0.4, -0.2) is 50.4 Å². The lowest BCUT2D eigenvalue weighted by molar-refractivity contribution is -0.0603. The number of rotatable bonds is 4. The van der Waals surface area contributed by atoms with Crippen LogP contribution >= 0.6 is 11.6 Å². The van der Waals surface area contributed by atoms with E-state index in [1.807, 2.05) is 24.4 Å². The van der Waals surface area contributed by atoms with Crippen molar-refractivity contribution in [2.24, 2.45) is 5.92 Å². The van der Waals surface area contributed by atoms with E-state index in [9.17, 15) is 5.11 Å². The monoisotopic (exact) mass is 454 g/mol. The van der Waals surface area contributed by atoms with Crippen LogP contribution in [0.1, 0.15) is 44.1 Å². The SMILES string of the molecule is CC(C)c1ncc2n1CCN(C(O)C1CCN(c3c(N)cnc4ccc(Cl)cc34)CC1)C2. The van der Waals surface area contributed by atoms with Gasteiger partial charge in [0.05, 0.1) is 28.8 Å². The maximum Gasteiger partial charge on any atom is 0.111 e. The molecule has 1 saturated heterocycles. The highest BCUT2D eigenvalue weighted by atomic mass is 35.5. The number of nitrogens with two attached hydrogens (primary N) is 1. The number of fused-ring (bicyclic) bond motifs is 2. The minimum atomic E-state index is -0.440. The smallest absolute Gasteiger partial charge is 0.111 e. The molecule has 4 heterocycles. The molecule has 0 spiro atoms. The van der Waals surface area contributed by atoms with E-state index >= 15 is 0 Å². The lowest BCUT2D eigenvalue weighted by atomic mass is 9.93. The van der Waals surface area contributed by atoms with E-state index in [0.717, 1.165) is 68.0 Å². The van der Waals surface area contributed by atoms with Gasteiger partial charge in [0.25, 0.3) is 0 Å². The van der Waals surface area contributed by atoms with Crippen molar-refractivity contribution in [2.45, 2.75) is 51.9 Å². The summed E-state index contributed by atoms with van der Waals surface area (Å²) in [6, 6.07) is 5.73. The Kier molecular flexibility index (Phi) is 5.73. The molecule has 0 radical (unpaired) electrons. The van der Waals surface area contributed by atoms with Crippen molar-refractivity contribution < 1.29 is 5.11 Å². The molecule has 0 aliphatic carbocycles. The number of aliphatic hydroxyl groups is 1. The predicted molar refractivity (Wildman–Crippen MR) is 129 cm³/mol. The number of benzene rings is 1. The average molecular weight is 455 g/mol. The van der Waals surface area contributed by atoms with Gasteiger partial charge in [-0.15, -0.1) is 0 Å². The second kappa shape index (κ2) is 8.54. The Morgan fingerprint density at radius 2 is 1.88 bits per heavy atom. The molecule has 1 atom stereocenters. The molecule has 2 aliphatic rings. The van der Waals surface area contributed by atoms with Crippen LogP contribution in [0.25, 0.3) is 10.9 Å². The molecule has 170 valence electrons. The molecule has 2 aromatic heterocycles. The molecule has 7 nitrogen and oxygen atoms in total. The maximum absolute atomic E-state index is 11.2. The molecule has 1 unspecified atom stereocenters. The van der Waals surface area contributed by atoms with Gasteiger partial charge in [-0.25, -0.2) is 4.98 Å². The molecule has 0 amide bonds. The number of imidazole rings is 1. The Morgan fingerprint density at radius 3 is 2.62 bits per heavy atom. The Balaban J connectivity index is 1.28. The number of pyridine rings is 1. The molecule has 1 aromatic carbocycles. The highest BCUT2D eigenvalue weighted by Gasteiger charge is 2.32. The molecule has 8 heteroatoms. The number of nitrogens with zero attached hydrogens (tertiary/aromatic N) is 5. The summed E-state index contributed by atoms with van der Waals surface area (Å²) in [6.07, 6.45) is 5.09. The second-order valence-corrected chi connectivity index (χ2v) is 9.78. The summed E-state index contributed by atoms with van der Waals surface area (Å²) in [5.41, 5.74) is 10.1. The van der Waals surface area contributed by atoms with Gasteiger partial charge in [0.15, 0.2) is 0 Å². The van der Waals surface area contributed by atoms with Crippen molar-refractivity contribution in [3.8, 4) is 0 Å². The van der Waals surface area contributed by atoms with E-state index in [1.54, 1.807) is 6.20 Å². The number of aromatic nitrogens is 3. The molecule has 3 N–H and O–H groups in total. The molecule has 1 fully saturated rings. The van der Waals surface area contributed by atoms with Crippen LogP contribution in [-0.2, 0) is 13.1 Å². The second-order valence-electron chi connectivity index (χ2n) is 9.35. The number of piperidine rings is 1. The molecule has 2 aliphatic heterocycles. The van der Waals surface area contributed by atoms with Crippen LogP contribution in [0.4, 0.5) is 11.4 Å². The first-order valence-electron chi connectivity index (χ1n) is 11.5. The van der Waals surface area contributed by atoms with Crippen LogP contribution < -0.4 is 10.6 Å². The summed E-state index contributed by atoms with van der Waals surface area (Å²) in [5, 5.41) is 12.9. The Morgan fingerprint density at radius 1 is 1.09 bits per heavy atom. The number of hydrogen-bond donors (Lipinski definition) is 2. The van der Waals surface area contributed by atoms with Crippen molar-refractivity contribution in [3.63, 3.8) is 0 Å². The maximum atomic E-state index is 11.2. The van der Waals surface area contributed by atoms with E-state index in [0.29, 0.717) is 16.6 Å². The first kappa shape index (κ1) is 21.5. The first-order chi connectivity index (χ1) is 15.4. The van der Waals surface area contributed by atoms with Gasteiger partial charge in [-0.3, -0.25) is 9.88 Å². The van der Waals surface area contributed by atoms with Crippen molar-refractivity contribution in [1.82, 2.24) is 19.4 Å². The highest BCUT2D eigenvalue weighted by molar-refractivity contribution is 6.31. The van der Waals surface area contributed by atoms with E-state index in [4.69, 9.17) is 17.3 Å². The summed E-state index contributed by atoms with van der Waals surface area (Å²) in [7, 11) is 0. The van der Waals surface area contributed by atoms with Gasteiger partial charge < -0.3 is 20.3 Å². The van der Waals surface area contributed by atoms with Gasteiger partial charge in [-0.05, 0) is 31.0 Å². The number of hydrogen-bond acceptors (Lipinski definition) is 6. The fraction of sp³-hybridized carbons (Fsp3) is 0.500. The van der Waals surface area contributed by atoms with Crippen molar-refractivity contribution in [2.75, 3.05) is 30.3 Å². The molecule has 5 rings (SSSR count). The van der Waals surface area contributed by atoms with E-state index in [1.165, 1.54) is 5.69 Å². The minimum Gasteiger partial charge on any atom is -0.396 e. The van der Waals surface area contributed by atoms with Gasteiger partial charge in [0.2, 0.25) is 0 Å². The number of aliphatic hydroxyl groups excluding tert-OH is 1. The molecular weight excluding hydrogens is 424 g/mol. The highest BCUT2D eigenvalue weighted by Crippen LogP contribution is 2.36. The fourth-order valence-corrected chi connectivity index (χ4v) is 5.42. The normalized spacial score (nSPS) is 19.0. The zero-order valence-electron chi connectivity index (χ0n) is 18.7. The van der Waals surface area contributed by atoms with Gasteiger partial charge in [0, 0.05) is 61.2 Å². The fourth-order valence-electron chi connectivity index (χ4n) is 5.25. The van der Waals surface area contributed by atoms with Gasteiger partial charge in [-0.1, -0.05) is 25.4 Å². The van der Waals surface area contributed by atoms with Crippen molar-refractivity contribution in [3.05, 3.63) is 47.1 Å². The third-order valence-electron chi connectivity index (χ3n) is 6.94. The summed E-state index contributed by atoms with van der Waals surface area (Å²) in [5.74, 6) is 1.80. The molecule has 32 heavy (non-hydrogen) atoms. The molecule has 3 aromatic rings. The standard InChI is InChI=1S/C24H31ClN6O/c1-15(2)23-28-12-18-14-30(9-10-31(18)23)24(32)16-5-7-29(8-6-16)22-19-11-17(25)3-4-21(19)27-13-20(22)26/h3-4,11-13,15-16,24,32H,5-10,14,26H2,1-2H3. The summed E-state index contributed by atoms with van der Waals surface area (Å²) >= 11 is 6.26. The topological polar surface area (TPSA) is 83.4 Å². The van der Waals surface area contributed by atoms with E-state index in [2.05, 4.69) is 38.2 Å². The quantitative estimate of drug-likeness (QED) is 0.623. The lowest BCUT2D eigenvalue weighted by Crippen LogP contribution is -2.48. The zero-order valence-corrected chi connectivity index (χ0v) is 19.5. The van der Waals surface area contributed by atoms with Crippen molar-refractivity contribution >= 4 is 33.9 Å². The minimum absolute atomic E-state index is 0.239. The van der Waals surface area contributed by atoms with E-state index in [-0.39, 0.29) is 5.92 Å². The van der Waals surface area contributed by atoms with Crippen LogP contribution in [0, 0.1) is 5.92 Å². The summed E-state index contributed by atoms with van der Waals surface area (Å²) in [6.45, 7) is 8.54. The predicted octanol–water partition coefficient (Wildman–Crippen LogP) is 3.84. The van der Waals surface area contributed by atoms with Crippen LogP contribution in [0.3, 0.4) is 0 Å². The Bertz CT molecular complexity index is 1120. The van der Waals surface area contributed by atoms with E-state index < -0.39 is 6.23 Å². The number of halogens is 1. The third-order valence-corrected chi connectivity index (χ3v) is 7.18. The molecule has 0 bridgehead atoms. The zero-order chi connectivity index (χ0) is 22.4. The molecule has 0 saturated carbocycles. The largest absolute Gasteiger partial charge is 0.396 e. The average Bonchev–Trinajstić information content (AvgIpc) is 3.22. The number of anilines is 2. The summed E-state index contributed by atoms with van der Waals surface area (Å²) in [4.78, 5) is 13.6. The van der Waals surface area contributed by atoms with Crippen LogP contribution in [0.2, 0.25) is 5.02 Å². The van der Waals surface area contributed by atoms with Crippen LogP contribution in [0.5, 0.6) is 0 Å². The lowest BCUT2D eigenvalue weighted by Gasteiger charge is -2.41. The first-order valence-corrected chi connectivity index (χ1v) is 11.8. The Hall–Kier alpha value is -2.35. The van der Waals surface area contributed by atoms with Crippen LogP contribution in [0.15, 0.2) is 30.6 Å². The third kappa shape index (κ3) is 3.83. The number of nitrogen functional groups attached to an aromatic ring is 1. The van der Waals surface area contributed by atoms with Crippen molar-refractivity contribution in [1.29, 1.82) is 0 Å². The van der Waals surface area contributed by atoms with Gasteiger partial charge in [-0.2, -0.15) is 0 Å². The Labute approximate surface area is 193 Å². The van der Waals surface area contributed by atoms with Gasteiger partial charge >= 0.3 is 0 Å². The van der Waals surface area contributed by atoms with Gasteiger partial charge in [0.1, 0.15) is 12.1 Å². The summed E-state index contributed by atoms with van der Waals surface area (Å²) < 4.78 is 2.32.